The van der Waals surface area contributed by atoms with Gasteiger partial charge in [0.1, 0.15) is 5.82 Å². The molecule has 4 rings (SSSR count). The van der Waals surface area contributed by atoms with Crippen molar-refractivity contribution in [2.45, 2.75) is 4.90 Å². The van der Waals surface area contributed by atoms with Crippen molar-refractivity contribution >= 4 is 54.0 Å². The summed E-state index contributed by atoms with van der Waals surface area (Å²) in [7, 11) is -3.37. The normalized spacial score (nSPS) is 15.2. The molecule has 1 aliphatic rings. The second-order valence-electron chi connectivity index (χ2n) is 7.43. The minimum Gasteiger partial charge on any atom is -0.379 e. The molecule has 2 aromatic carbocycles. The van der Waals surface area contributed by atoms with E-state index in [1.54, 1.807) is 12.1 Å². The van der Waals surface area contributed by atoms with E-state index in [9.17, 15) is 17.6 Å². The molecule has 170 valence electrons. The minimum atomic E-state index is -3.37. The number of sulfone groups is 1. The molecule has 0 aliphatic carbocycles. The van der Waals surface area contributed by atoms with Gasteiger partial charge in [-0.3, -0.25) is 14.6 Å². The van der Waals surface area contributed by atoms with Crippen molar-refractivity contribution in [3.05, 3.63) is 52.8 Å². The number of nitrogens with zero attached hydrogens (tertiary/aromatic N) is 3. The van der Waals surface area contributed by atoms with E-state index in [4.69, 9.17) is 16.3 Å². The Labute approximate surface area is 194 Å². The summed E-state index contributed by atoms with van der Waals surface area (Å²) in [6, 6.07) is 8.33. The zero-order valence-corrected chi connectivity index (χ0v) is 19.6. The van der Waals surface area contributed by atoms with Crippen molar-refractivity contribution in [3.63, 3.8) is 0 Å². The predicted octanol–water partition coefficient (Wildman–Crippen LogP) is 3.47. The molecule has 7 nitrogen and oxygen atoms in total. The van der Waals surface area contributed by atoms with Crippen LogP contribution in [0.15, 0.2) is 41.3 Å². The number of ether oxygens (including phenoxy) is 1. The van der Waals surface area contributed by atoms with E-state index in [0.29, 0.717) is 41.7 Å². The molecular formula is C21H21ClFN3O4S2. The number of halogens is 2. The Morgan fingerprint density at radius 2 is 2.00 bits per heavy atom. The van der Waals surface area contributed by atoms with Crippen LogP contribution in [0, 0.1) is 5.82 Å². The Bertz CT molecular complexity index is 1260. The van der Waals surface area contributed by atoms with Gasteiger partial charge in [0.25, 0.3) is 5.91 Å². The summed E-state index contributed by atoms with van der Waals surface area (Å²) < 4.78 is 43.4. The van der Waals surface area contributed by atoms with E-state index in [0.717, 1.165) is 25.4 Å². The third kappa shape index (κ3) is 5.10. The second kappa shape index (κ2) is 9.40. The number of thiazole rings is 1. The number of benzene rings is 2. The number of morpholine rings is 1. The first kappa shape index (κ1) is 23.1. The fraction of sp³-hybridized carbons (Fsp3) is 0.333. The molecular weight excluding hydrogens is 477 g/mol. The Morgan fingerprint density at radius 3 is 2.69 bits per heavy atom. The van der Waals surface area contributed by atoms with Gasteiger partial charge in [0.2, 0.25) is 0 Å². The number of carbonyl (C=O) groups is 1. The number of hydrogen-bond donors (Lipinski definition) is 0. The number of fused-ring (bicyclic) bond motifs is 1. The molecule has 1 saturated heterocycles. The standard InChI is InChI=1S/C21H21ClFN3O4S2/c1-32(28,29)15-3-5-18-19(13-15)31-21(24-18)26(7-6-25-8-10-30-11-9-25)20(27)16-4-2-14(23)12-17(16)22/h2-5,12-13H,6-11H2,1H3. The van der Waals surface area contributed by atoms with Gasteiger partial charge < -0.3 is 4.74 Å². The molecule has 1 amide bonds. The van der Waals surface area contributed by atoms with Crippen LogP contribution in [0.25, 0.3) is 10.2 Å². The van der Waals surface area contributed by atoms with E-state index in [2.05, 4.69) is 9.88 Å². The lowest BCUT2D eigenvalue weighted by atomic mass is 10.2. The van der Waals surface area contributed by atoms with Gasteiger partial charge in [0.05, 0.1) is 38.9 Å². The Morgan fingerprint density at radius 1 is 1.25 bits per heavy atom. The number of aromatic nitrogens is 1. The molecule has 0 saturated carbocycles. The van der Waals surface area contributed by atoms with Crippen molar-refractivity contribution in [1.29, 1.82) is 0 Å². The van der Waals surface area contributed by atoms with Crippen LogP contribution in [0.5, 0.6) is 0 Å². The van der Waals surface area contributed by atoms with E-state index >= 15 is 0 Å². The van der Waals surface area contributed by atoms with Crippen molar-refractivity contribution in [3.8, 4) is 0 Å². The minimum absolute atomic E-state index is 0.0202. The molecule has 2 heterocycles. The highest BCUT2D eigenvalue weighted by Gasteiger charge is 2.25. The molecule has 0 radical (unpaired) electrons. The lowest BCUT2D eigenvalue weighted by Gasteiger charge is -2.29. The van der Waals surface area contributed by atoms with Crippen LogP contribution in [0.3, 0.4) is 0 Å². The maximum Gasteiger partial charge on any atom is 0.261 e. The zero-order valence-electron chi connectivity index (χ0n) is 17.3. The Hall–Kier alpha value is -2.11. The maximum atomic E-state index is 13.5. The van der Waals surface area contributed by atoms with Gasteiger partial charge in [-0.15, -0.1) is 0 Å². The fourth-order valence-corrected chi connectivity index (χ4v) is 5.40. The van der Waals surface area contributed by atoms with Crippen LogP contribution in [0.2, 0.25) is 5.02 Å². The maximum absolute atomic E-state index is 13.5. The highest BCUT2D eigenvalue weighted by molar-refractivity contribution is 7.90. The van der Waals surface area contributed by atoms with E-state index in [1.165, 1.54) is 34.4 Å². The molecule has 3 aromatic rings. The highest BCUT2D eigenvalue weighted by Crippen LogP contribution is 2.32. The molecule has 1 fully saturated rings. The molecule has 0 N–H and O–H groups in total. The predicted molar refractivity (Wildman–Crippen MR) is 123 cm³/mol. The topological polar surface area (TPSA) is 79.8 Å². The van der Waals surface area contributed by atoms with Gasteiger partial charge in [-0.05, 0) is 36.4 Å². The lowest BCUT2D eigenvalue weighted by Crippen LogP contribution is -2.43. The summed E-state index contributed by atoms with van der Waals surface area (Å²) in [5.74, 6) is -0.926. The van der Waals surface area contributed by atoms with Crippen molar-refractivity contribution in [2.75, 3.05) is 50.5 Å². The fourth-order valence-electron chi connectivity index (χ4n) is 3.40. The highest BCUT2D eigenvalue weighted by atomic mass is 35.5. The third-order valence-electron chi connectivity index (χ3n) is 5.16. The van der Waals surface area contributed by atoms with Gasteiger partial charge in [-0.2, -0.15) is 0 Å². The van der Waals surface area contributed by atoms with Gasteiger partial charge >= 0.3 is 0 Å². The van der Waals surface area contributed by atoms with Gasteiger partial charge in [-0.1, -0.05) is 22.9 Å². The first-order valence-electron chi connectivity index (χ1n) is 9.90. The van der Waals surface area contributed by atoms with Crippen molar-refractivity contribution < 1.29 is 22.3 Å². The number of anilines is 1. The molecule has 11 heteroatoms. The van der Waals surface area contributed by atoms with Crippen LogP contribution >= 0.6 is 22.9 Å². The Kier molecular flexibility index (Phi) is 6.78. The van der Waals surface area contributed by atoms with E-state index in [-0.39, 0.29) is 15.5 Å². The number of hydrogen-bond acceptors (Lipinski definition) is 7. The monoisotopic (exact) mass is 497 g/mol. The molecule has 1 aliphatic heterocycles. The number of rotatable bonds is 6. The van der Waals surface area contributed by atoms with Crippen LogP contribution in [0.1, 0.15) is 10.4 Å². The van der Waals surface area contributed by atoms with Crippen LogP contribution in [0.4, 0.5) is 9.52 Å². The first-order valence-corrected chi connectivity index (χ1v) is 13.0. The van der Waals surface area contributed by atoms with Crippen LogP contribution < -0.4 is 4.90 Å². The SMILES string of the molecule is CS(=O)(=O)c1ccc2nc(N(CCN3CCOCC3)C(=O)c3ccc(F)cc3Cl)sc2c1. The summed E-state index contributed by atoms with van der Waals surface area (Å²) in [6.07, 6.45) is 1.14. The van der Waals surface area contributed by atoms with Gasteiger partial charge in [0.15, 0.2) is 15.0 Å². The molecule has 0 bridgehead atoms. The number of amides is 1. The van der Waals surface area contributed by atoms with Gasteiger partial charge in [0, 0.05) is 32.4 Å². The molecule has 0 atom stereocenters. The summed E-state index contributed by atoms with van der Waals surface area (Å²) in [6.45, 7) is 3.72. The molecule has 1 aromatic heterocycles. The van der Waals surface area contributed by atoms with Crippen molar-refractivity contribution in [2.24, 2.45) is 0 Å². The second-order valence-corrected chi connectivity index (χ2v) is 10.9. The molecule has 32 heavy (non-hydrogen) atoms. The molecule has 0 spiro atoms. The van der Waals surface area contributed by atoms with E-state index < -0.39 is 21.6 Å². The third-order valence-corrected chi connectivity index (χ3v) is 7.62. The Balaban J connectivity index is 1.69. The summed E-state index contributed by atoms with van der Waals surface area (Å²) >= 11 is 7.38. The largest absolute Gasteiger partial charge is 0.379 e. The zero-order chi connectivity index (χ0) is 22.9. The summed E-state index contributed by atoms with van der Waals surface area (Å²) in [5.41, 5.74) is 0.762. The average Bonchev–Trinajstić information content (AvgIpc) is 3.17. The summed E-state index contributed by atoms with van der Waals surface area (Å²) in [5, 5.41) is 0.441. The van der Waals surface area contributed by atoms with Crippen LogP contribution in [-0.2, 0) is 14.6 Å². The average molecular weight is 498 g/mol. The quantitative estimate of drug-likeness (QED) is 0.519. The van der Waals surface area contributed by atoms with Crippen LogP contribution in [-0.4, -0.2) is 69.9 Å². The summed E-state index contributed by atoms with van der Waals surface area (Å²) in [4.78, 5) is 21.8. The van der Waals surface area contributed by atoms with E-state index in [1.807, 2.05) is 0 Å². The lowest BCUT2D eigenvalue weighted by molar-refractivity contribution is 0.0391. The van der Waals surface area contributed by atoms with Crippen molar-refractivity contribution in [1.82, 2.24) is 9.88 Å². The number of carbonyl (C=O) groups excluding carboxylic acids is 1. The smallest absolute Gasteiger partial charge is 0.261 e. The van der Waals surface area contributed by atoms with Gasteiger partial charge in [-0.25, -0.2) is 17.8 Å². The molecule has 0 unspecified atom stereocenters. The first-order chi connectivity index (χ1) is 15.2.